The van der Waals surface area contributed by atoms with Crippen LogP contribution in [0.2, 0.25) is 0 Å². The molecule has 64 valence electrons. The van der Waals surface area contributed by atoms with Crippen molar-refractivity contribution in [2.24, 2.45) is 17.4 Å². The van der Waals surface area contributed by atoms with Crippen molar-refractivity contribution in [3.63, 3.8) is 0 Å². The Labute approximate surface area is 68.3 Å². The fourth-order valence-corrected chi connectivity index (χ4v) is 2.88. The van der Waals surface area contributed by atoms with Crippen LogP contribution >= 0.6 is 0 Å². The first-order chi connectivity index (χ1) is 5.23. The van der Waals surface area contributed by atoms with E-state index in [1.807, 2.05) is 0 Å². The van der Waals surface area contributed by atoms with Crippen molar-refractivity contribution in [1.82, 2.24) is 0 Å². The van der Waals surface area contributed by atoms with Gasteiger partial charge < -0.3 is 11.5 Å². The van der Waals surface area contributed by atoms with Crippen molar-refractivity contribution < 1.29 is 0 Å². The fraction of sp³-hybridized carbons (Fsp3) is 1.00. The summed E-state index contributed by atoms with van der Waals surface area (Å²) in [6.07, 6.45) is 7.56. The second kappa shape index (κ2) is 2.46. The summed E-state index contributed by atoms with van der Waals surface area (Å²) >= 11 is 0. The topological polar surface area (TPSA) is 52.0 Å². The molecule has 0 aromatic heterocycles. The SMILES string of the molecule is NC1CCCC2CCCC12N. The van der Waals surface area contributed by atoms with E-state index in [0.29, 0.717) is 0 Å². The van der Waals surface area contributed by atoms with Gasteiger partial charge in [-0.15, -0.1) is 0 Å². The number of rotatable bonds is 0. The third-order valence-electron chi connectivity index (χ3n) is 3.68. The van der Waals surface area contributed by atoms with E-state index in [9.17, 15) is 0 Å². The van der Waals surface area contributed by atoms with E-state index in [2.05, 4.69) is 0 Å². The van der Waals surface area contributed by atoms with Crippen molar-refractivity contribution in [1.29, 1.82) is 0 Å². The lowest BCUT2D eigenvalue weighted by molar-refractivity contribution is 0.192. The first kappa shape index (κ1) is 7.56. The van der Waals surface area contributed by atoms with Crippen molar-refractivity contribution in [2.75, 3.05) is 0 Å². The number of fused-ring (bicyclic) bond motifs is 1. The van der Waals surface area contributed by atoms with Crippen LogP contribution in [0, 0.1) is 5.92 Å². The van der Waals surface area contributed by atoms with E-state index in [-0.39, 0.29) is 11.6 Å². The molecule has 2 rings (SSSR count). The predicted molar refractivity (Wildman–Crippen MR) is 46.1 cm³/mol. The summed E-state index contributed by atoms with van der Waals surface area (Å²) in [6, 6.07) is 0.281. The first-order valence-electron chi connectivity index (χ1n) is 4.78. The van der Waals surface area contributed by atoms with Gasteiger partial charge in [0.2, 0.25) is 0 Å². The minimum Gasteiger partial charge on any atom is -0.326 e. The number of hydrogen-bond donors (Lipinski definition) is 2. The molecule has 2 nitrogen and oxygen atoms in total. The summed E-state index contributed by atoms with van der Waals surface area (Å²) in [4.78, 5) is 0. The summed E-state index contributed by atoms with van der Waals surface area (Å²) < 4.78 is 0. The van der Waals surface area contributed by atoms with Gasteiger partial charge in [0, 0.05) is 11.6 Å². The van der Waals surface area contributed by atoms with Gasteiger partial charge in [-0.2, -0.15) is 0 Å². The molecule has 0 radical (unpaired) electrons. The van der Waals surface area contributed by atoms with E-state index in [0.717, 1.165) is 12.3 Å². The minimum atomic E-state index is 0.0260. The van der Waals surface area contributed by atoms with Crippen molar-refractivity contribution in [2.45, 2.75) is 50.1 Å². The van der Waals surface area contributed by atoms with E-state index < -0.39 is 0 Å². The zero-order valence-corrected chi connectivity index (χ0v) is 7.05. The molecule has 0 aliphatic heterocycles. The fourth-order valence-electron chi connectivity index (χ4n) is 2.88. The van der Waals surface area contributed by atoms with E-state index in [4.69, 9.17) is 11.5 Å². The van der Waals surface area contributed by atoms with Gasteiger partial charge in [-0.3, -0.25) is 0 Å². The quantitative estimate of drug-likeness (QED) is 0.547. The first-order valence-corrected chi connectivity index (χ1v) is 4.78. The molecule has 3 unspecified atom stereocenters. The van der Waals surface area contributed by atoms with Crippen molar-refractivity contribution >= 4 is 0 Å². The highest BCUT2D eigenvalue weighted by atomic mass is 14.9. The lowest BCUT2D eigenvalue weighted by atomic mass is 9.72. The molecule has 2 saturated carbocycles. The Kier molecular flexibility index (Phi) is 1.69. The van der Waals surface area contributed by atoms with Gasteiger partial charge in [0.25, 0.3) is 0 Å². The molecular formula is C9H18N2. The normalized spacial score (nSPS) is 50.7. The van der Waals surface area contributed by atoms with Crippen LogP contribution in [0.25, 0.3) is 0 Å². The maximum atomic E-state index is 6.28. The standard InChI is InChI=1S/C9H18N2/c10-8-5-1-3-7-4-2-6-9(7,8)11/h7-8H,1-6,10-11H2. The van der Waals surface area contributed by atoms with Gasteiger partial charge in [-0.25, -0.2) is 0 Å². The molecule has 2 aliphatic rings. The Balaban J connectivity index is 2.17. The van der Waals surface area contributed by atoms with Gasteiger partial charge in [0.05, 0.1) is 0 Å². The Bertz CT molecular complexity index is 158. The third-order valence-corrected chi connectivity index (χ3v) is 3.68. The Morgan fingerprint density at radius 3 is 2.55 bits per heavy atom. The predicted octanol–water partition coefficient (Wildman–Crippen LogP) is 0.995. The molecule has 0 aromatic rings. The van der Waals surface area contributed by atoms with Crippen molar-refractivity contribution in [3.8, 4) is 0 Å². The lowest BCUT2D eigenvalue weighted by Crippen LogP contribution is -2.59. The Morgan fingerprint density at radius 1 is 1.09 bits per heavy atom. The third kappa shape index (κ3) is 1.00. The maximum Gasteiger partial charge on any atom is 0.0336 e. The van der Waals surface area contributed by atoms with Crippen LogP contribution in [-0.2, 0) is 0 Å². The molecule has 3 atom stereocenters. The largest absolute Gasteiger partial charge is 0.326 e. The second-order valence-electron chi connectivity index (χ2n) is 4.24. The van der Waals surface area contributed by atoms with E-state index >= 15 is 0 Å². The van der Waals surface area contributed by atoms with E-state index in [1.54, 1.807) is 0 Å². The molecule has 2 fully saturated rings. The van der Waals surface area contributed by atoms with Gasteiger partial charge in [-0.1, -0.05) is 12.8 Å². The number of hydrogen-bond acceptors (Lipinski definition) is 2. The number of nitrogens with two attached hydrogens (primary N) is 2. The summed E-state index contributed by atoms with van der Waals surface area (Å²) in [6.45, 7) is 0. The molecular weight excluding hydrogens is 136 g/mol. The molecule has 0 spiro atoms. The minimum absolute atomic E-state index is 0.0260. The summed E-state index contributed by atoms with van der Waals surface area (Å²) in [5.41, 5.74) is 12.3. The van der Waals surface area contributed by atoms with Gasteiger partial charge in [0.1, 0.15) is 0 Å². The molecule has 0 aromatic carbocycles. The Morgan fingerprint density at radius 2 is 1.82 bits per heavy atom. The molecule has 0 bridgehead atoms. The van der Waals surface area contributed by atoms with Crippen LogP contribution in [0.4, 0.5) is 0 Å². The van der Waals surface area contributed by atoms with Crippen LogP contribution in [-0.4, -0.2) is 11.6 Å². The maximum absolute atomic E-state index is 6.28. The van der Waals surface area contributed by atoms with Gasteiger partial charge >= 0.3 is 0 Å². The van der Waals surface area contributed by atoms with Crippen LogP contribution in [0.5, 0.6) is 0 Å². The average Bonchev–Trinajstić information content (AvgIpc) is 2.34. The highest BCUT2D eigenvalue weighted by molar-refractivity contribution is 5.05. The zero-order chi connectivity index (χ0) is 7.90. The highest BCUT2D eigenvalue weighted by Gasteiger charge is 2.45. The van der Waals surface area contributed by atoms with Gasteiger partial charge in [0.15, 0.2) is 0 Å². The molecule has 4 N–H and O–H groups in total. The molecule has 2 aliphatic carbocycles. The molecule has 0 saturated heterocycles. The second-order valence-corrected chi connectivity index (χ2v) is 4.24. The Hall–Kier alpha value is -0.0800. The summed E-state index contributed by atoms with van der Waals surface area (Å²) in [7, 11) is 0. The highest BCUT2D eigenvalue weighted by Crippen LogP contribution is 2.42. The van der Waals surface area contributed by atoms with Crippen LogP contribution in [0.3, 0.4) is 0 Å². The van der Waals surface area contributed by atoms with E-state index in [1.165, 1.54) is 32.1 Å². The summed E-state index contributed by atoms with van der Waals surface area (Å²) in [5, 5.41) is 0. The lowest BCUT2D eigenvalue weighted by Gasteiger charge is -2.41. The van der Waals surface area contributed by atoms with Crippen molar-refractivity contribution in [3.05, 3.63) is 0 Å². The molecule has 0 heterocycles. The van der Waals surface area contributed by atoms with Crippen LogP contribution < -0.4 is 11.5 Å². The molecule has 0 amide bonds. The monoisotopic (exact) mass is 154 g/mol. The smallest absolute Gasteiger partial charge is 0.0336 e. The average molecular weight is 154 g/mol. The van der Waals surface area contributed by atoms with Gasteiger partial charge in [-0.05, 0) is 31.6 Å². The molecule has 2 heteroatoms. The zero-order valence-electron chi connectivity index (χ0n) is 7.05. The van der Waals surface area contributed by atoms with Crippen LogP contribution in [0.1, 0.15) is 38.5 Å². The van der Waals surface area contributed by atoms with Crippen LogP contribution in [0.15, 0.2) is 0 Å². The summed E-state index contributed by atoms with van der Waals surface area (Å²) in [5.74, 6) is 0.742. The molecule has 11 heavy (non-hydrogen) atoms.